The van der Waals surface area contributed by atoms with E-state index in [4.69, 9.17) is 5.73 Å². The van der Waals surface area contributed by atoms with Crippen LogP contribution in [0, 0.1) is 0 Å². The topological polar surface area (TPSA) is 26.0 Å². The number of rotatable bonds is 2. The van der Waals surface area contributed by atoms with Gasteiger partial charge < -0.3 is 5.73 Å². The first-order valence-corrected chi connectivity index (χ1v) is 5.55. The molecule has 0 bridgehead atoms. The molecule has 1 nitrogen and oxygen atoms in total. The summed E-state index contributed by atoms with van der Waals surface area (Å²) in [4.78, 5) is 0. The van der Waals surface area contributed by atoms with E-state index < -0.39 is 0 Å². The van der Waals surface area contributed by atoms with Crippen LogP contribution in [0.3, 0.4) is 0 Å². The lowest BCUT2D eigenvalue weighted by Gasteiger charge is -2.12. The first-order valence-electron chi connectivity index (χ1n) is 5.55. The van der Waals surface area contributed by atoms with Crippen molar-refractivity contribution >= 4 is 0 Å². The van der Waals surface area contributed by atoms with E-state index in [-0.39, 0.29) is 0 Å². The Morgan fingerprint density at radius 2 is 2.29 bits per heavy atom. The van der Waals surface area contributed by atoms with Crippen molar-refractivity contribution in [2.45, 2.75) is 38.5 Å². The van der Waals surface area contributed by atoms with Crippen molar-refractivity contribution in [3.8, 4) is 0 Å². The van der Waals surface area contributed by atoms with Crippen molar-refractivity contribution in [3.63, 3.8) is 0 Å². The summed E-state index contributed by atoms with van der Waals surface area (Å²) in [7, 11) is 0. The lowest BCUT2D eigenvalue weighted by molar-refractivity contribution is 0.740. The minimum atomic E-state index is 0.494. The summed E-state index contributed by atoms with van der Waals surface area (Å²) in [6, 6.07) is 6.90. The SMILES string of the molecule is CC(CN)c1ccc2c(c1)C(C)CC2. The van der Waals surface area contributed by atoms with Crippen LogP contribution in [0.15, 0.2) is 18.2 Å². The van der Waals surface area contributed by atoms with E-state index >= 15 is 0 Å². The van der Waals surface area contributed by atoms with Crippen molar-refractivity contribution in [2.24, 2.45) is 5.73 Å². The third-order valence-electron chi connectivity index (χ3n) is 3.47. The van der Waals surface area contributed by atoms with Gasteiger partial charge in [-0.3, -0.25) is 0 Å². The van der Waals surface area contributed by atoms with Gasteiger partial charge in [-0.2, -0.15) is 0 Å². The van der Waals surface area contributed by atoms with Gasteiger partial charge in [0.1, 0.15) is 0 Å². The molecule has 1 aliphatic carbocycles. The van der Waals surface area contributed by atoms with Crippen LogP contribution in [0.1, 0.15) is 48.8 Å². The highest BCUT2D eigenvalue weighted by Crippen LogP contribution is 2.34. The zero-order chi connectivity index (χ0) is 10.1. The number of aryl methyl sites for hydroxylation is 1. The van der Waals surface area contributed by atoms with Gasteiger partial charge in [-0.25, -0.2) is 0 Å². The number of hydrogen-bond acceptors (Lipinski definition) is 1. The molecule has 0 amide bonds. The maximum Gasteiger partial charge on any atom is -0.00109 e. The average Bonchev–Trinajstić information content (AvgIpc) is 2.59. The standard InChI is InChI=1S/C13H19N/c1-9-3-4-11-5-6-12(7-13(9)11)10(2)8-14/h5-7,9-10H,3-4,8,14H2,1-2H3. The fourth-order valence-electron chi connectivity index (χ4n) is 2.27. The molecule has 0 saturated heterocycles. The van der Waals surface area contributed by atoms with Gasteiger partial charge in [0.15, 0.2) is 0 Å². The molecule has 0 spiro atoms. The summed E-state index contributed by atoms with van der Waals surface area (Å²) in [6.45, 7) is 5.26. The van der Waals surface area contributed by atoms with Crippen molar-refractivity contribution in [2.75, 3.05) is 6.54 Å². The summed E-state index contributed by atoms with van der Waals surface area (Å²) in [5.74, 6) is 1.24. The molecule has 0 aromatic heterocycles. The Bertz CT molecular complexity index is 330. The molecule has 2 atom stereocenters. The van der Waals surface area contributed by atoms with E-state index in [0.717, 1.165) is 12.5 Å². The lowest BCUT2D eigenvalue weighted by Crippen LogP contribution is -2.09. The van der Waals surface area contributed by atoms with Crippen LogP contribution in [0.25, 0.3) is 0 Å². The van der Waals surface area contributed by atoms with Gasteiger partial charge in [-0.15, -0.1) is 0 Å². The Morgan fingerprint density at radius 1 is 1.50 bits per heavy atom. The molecular weight excluding hydrogens is 170 g/mol. The van der Waals surface area contributed by atoms with E-state index in [1.54, 1.807) is 11.1 Å². The molecule has 1 aromatic rings. The second kappa shape index (κ2) is 3.74. The highest BCUT2D eigenvalue weighted by atomic mass is 14.5. The van der Waals surface area contributed by atoms with Crippen molar-refractivity contribution < 1.29 is 0 Å². The Labute approximate surface area is 86.3 Å². The highest BCUT2D eigenvalue weighted by Gasteiger charge is 2.19. The predicted octanol–water partition coefficient (Wildman–Crippen LogP) is 2.80. The van der Waals surface area contributed by atoms with Crippen LogP contribution in [-0.4, -0.2) is 6.54 Å². The third kappa shape index (κ3) is 1.57. The molecule has 14 heavy (non-hydrogen) atoms. The second-order valence-electron chi connectivity index (χ2n) is 4.53. The van der Waals surface area contributed by atoms with E-state index in [0.29, 0.717) is 5.92 Å². The zero-order valence-electron chi connectivity index (χ0n) is 9.09. The Balaban J connectivity index is 2.34. The molecular formula is C13H19N. The average molecular weight is 189 g/mol. The first-order chi connectivity index (χ1) is 6.72. The van der Waals surface area contributed by atoms with Crippen molar-refractivity contribution in [1.82, 2.24) is 0 Å². The minimum absolute atomic E-state index is 0.494. The minimum Gasteiger partial charge on any atom is -0.330 e. The maximum atomic E-state index is 5.68. The summed E-state index contributed by atoms with van der Waals surface area (Å²) in [5, 5.41) is 0. The van der Waals surface area contributed by atoms with Gasteiger partial charge in [-0.05, 0) is 47.9 Å². The largest absolute Gasteiger partial charge is 0.330 e. The van der Waals surface area contributed by atoms with E-state index in [1.807, 2.05) is 0 Å². The highest BCUT2D eigenvalue weighted by molar-refractivity contribution is 5.39. The molecule has 0 fully saturated rings. The van der Waals surface area contributed by atoms with E-state index in [2.05, 4.69) is 32.0 Å². The normalized spacial score (nSPS) is 22.1. The van der Waals surface area contributed by atoms with Crippen molar-refractivity contribution in [1.29, 1.82) is 0 Å². The quantitative estimate of drug-likeness (QED) is 0.760. The fraction of sp³-hybridized carbons (Fsp3) is 0.538. The van der Waals surface area contributed by atoms with Gasteiger partial charge in [0, 0.05) is 0 Å². The van der Waals surface area contributed by atoms with Crippen LogP contribution in [0.5, 0.6) is 0 Å². The van der Waals surface area contributed by atoms with E-state index in [9.17, 15) is 0 Å². The molecule has 0 saturated carbocycles. The van der Waals surface area contributed by atoms with Crippen LogP contribution < -0.4 is 5.73 Å². The van der Waals surface area contributed by atoms with Crippen LogP contribution >= 0.6 is 0 Å². The number of fused-ring (bicyclic) bond motifs is 1. The number of benzene rings is 1. The van der Waals surface area contributed by atoms with Gasteiger partial charge in [0.05, 0.1) is 0 Å². The summed E-state index contributed by atoms with van der Waals surface area (Å²) < 4.78 is 0. The van der Waals surface area contributed by atoms with Crippen LogP contribution in [0.4, 0.5) is 0 Å². The van der Waals surface area contributed by atoms with Crippen LogP contribution in [0.2, 0.25) is 0 Å². The molecule has 2 unspecified atom stereocenters. The lowest BCUT2D eigenvalue weighted by atomic mass is 9.95. The zero-order valence-corrected chi connectivity index (χ0v) is 9.09. The summed E-state index contributed by atoms with van der Waals surface area (Å²) in [5.41, 5.74) is 10.2. The number of nitrogens with two attached hydrogens (primary N) is 1. The predicted molar refractivity (Wildman–Crippen MR) is 60.6 cm³/mol. The molecule has 1 heteroatoms. The first kappa shape index (κ1) is 9.72. The van der Waals surface area contributed by atoms with Gasteiger partial charge in [0.25, 0.3) is 0 Å². The molecule has 1 aromatic carbocycles. The summed E-state index contributed by atoms with van der Waals surface area (Å²) in [6.07, 6.45) is 2.57. The van der Waals surface area contributed by atoms with Crippen molar-refractivity contribution in [3.05, 3.63) is 34.9 Å². The van der Waals surface area contributed by atoms with Gasteiger partial charge in [-0.1, -0.05) is 32.0 Å². The molecule has 0 radical (unpaired) electrons. The number of hydrogen-bond donors (Lipinski definition) is 1. The third-order valence-corrected chi connectivity index (χ3v) is 3.47. The maximum absolute atomic E-state index is 5.68. The Kier molecular flexibility index (Phi) is 2.60. The molecule has 76 valence electrons. The monoisotopic (exact) mass is 189 g/mol. The molecule has 0 aliphatic heterocycles. The van der Waals surface area contributed by atoms with Crippen LogP contribution in [-0.2, 0) is 6.42 Å². The smallest absolute Gasteiger partial charge is 0.00109 e. The van der Waals surface area contributed by atoms with Gasteiger partial charge in [0.2, 0.25) is 0 Å². The molecule has 2 N–H and O–H groups in total. The summed E-state index contributed by atoms with van der Waals surface area (Å²) >= 11 is 0. The molecule has 0 heterocycles. The van der Waals surface area contributed by atoms with Gasteiger partial charge >= 0.3 is 0 Å². The molecule has 1 aliphatic rings. The molecule has 2 rings (SSSR count). The van der Waals surface area contributed by atoms with E-state index in [1.165, 1.54) is 18.4 Å². The Hall–Kier alpha value is -0.820. The Morgan fingerprint density at radius 3 is 3.00 bits per heavy atom. The second-order valence-corrected chi connectivity index (χ2v) is 4.53. The fourth-order valence-corrected chi connectivity index (χ4v) is 2.27.